The van der Waals surface area contributed by atoms with Gasteiger partial charge in [-0.05, 0) is 23.3 Å². The molecule has 1 aromatic carbocycles. The summed E-state index contributed by atoms with van der Waals surface area (Å²) in [6.07, 6.45) is 2.19. The third-order valence-electron chi connectivity index (χ3n) is 3.88. The number of rotatable bonds is 5. The summed E-state index contributed by atoms with van der Waals surface area (Å²) >= 11 is 0. The van der Waals surface area contributed by atoms with Gasteiger partial charge in [0.1, 0.15) is 5.54 Å². The second kappa shape index (κ2) is 5.32. The molecule has 1 atom stereocenters. The maximum atomic E-state index is 12.2. The molecule has 0 saturated heterocycles. The Kier molecular flexibility index (Phi) is 3.74. The van der Waals surface area contributed by atoms with Gasteiger partial charge in [-0.1, -0.05) is 6.07 Å². The van der Waals surface area contributed by atoms with Crippen molar-refractivity contribution in [2.75, 3.05) is 19.4 Å². The molecule has 0 saturated carbocycles. The Morgan fingerprint density at radius 1 is 1.30 bits per heavy atom. The Balaban J connectivity index is 2.39. The molecular formula is C14H17N3O3. The van der Waals surface area contributed by atoms with Crippen LogP contribution < -0.4 is 10.6 Å². The Bertz CT molecular complexity index is 559. The number of carbonyl (C=O) groups is 3. The van der Waals surface area contributed by atoms with Gasteiger partial charge in [0.25, 0.3) is 0 Å². The fourth-order valence-electron chi connectivity index (χ4n) is 2.72. The summed E-state index contributed by atoms with van der Waals surface area (Å²) in [4.78, 5) is 35.3. The topological polar surface area (TPSA) is 78.5 Å². The molecule has 0 fully saturated rings. The van der Waals surface area contributed by atoms with Crippen molar-refractivity contribution in [2.45, 2.75) is 18.4 Å². The Morgan fingerprint density at radius 3 is 2.60 bits per heavy atom. The van der Waals surface area contributed by atoms with Crippen LogP contribution in [-0.4, -0.2) is 43.3 Å². The van der Waals surface area contributed by atoms with E-state index in [-0.39, 0.29) is 5.91 Å². The van der Waals surface area contributed by atoms with Gasteiger partial charge < -0.3 is 15.5 Å². The minimum Gasteiger partial charge on any atom is -0.357 e. The molecule has 1 aromatic rings. The highest BCUT2D eigenvalue weighted by molar-refractivity contribution is 5.90. The molecular weight excluding hydrogens is 258 g/mol. The maximum absolute atomic E-state index is 12.2. The molecule has 3 amide bonds. The number of anilines is 1. The summed E-state index contributed by atoms with van der Waals surface area (Å²) in [5.74, 6) is -0.187. The van der Waals surface area contributed by atoms with E-state index in [1.807, 2.05) is 12.1 Å². The number of benzene rings is 1. The molecule has 0 bridgehead atoms. The highest BCUT2D eigenvalue weighted by Crippen LogP contribution is 2.35. The summed E-state index contributed by atoms with van der Waals surface area (Å²) < 4.78 is 0. The average molecular weight is 275 g/mol. The number of nitrogens with one attached hydrogen (secondary N) is 2. The van der Waals surface area contributed by atoms with Crippen molar-refractivity contribution < 1.29 is 14.4 Å². The van der Waals surface area contributed by atoms with Gasteiger partial charge in [-0.15, -0.1) is 0 Å². The summed E-state index contributed by atoms with van der Waals surface area (Å²) in [5, 5.41) is 5.21. The lowest BCUT2D eigenvalue weighted by Gasteiger charge is -2.34. The predicted octanol–water partition coefficient (Wildman–Crippen LogP) is -0.0735. The molecule has 6 heteroatoms. The Morgan fingerprint density at radius 2 is 2.00 bits per heavy atom. The minimum atomic E-state index is -0.890. The van der Waals surface area contributed by atoms with E-state index < -0.39 is 5.54 Å². The standard InChI is InChI=1S/C14H17N3O3/c1-15-13(20)14(17(2)9-19)6-10-3-4-12(16-8-18)5-11(10)7-14/h3-5,8-9H,6-7H2,1-2H3,(H,15,20)(H,16,18). The van der Waals surface area contributed by atoms with Gasteiger partial charge in [0.15, 0.2) is 0 Å². The predicted molar refractivity (Wildman–Crippen MR) is 74.2 cm³/mol. The summed E-state index contributed by atoms with van der Waals surface area (Å²) in [7, 11) is 3.17. The minimum absolute atomic E-state index is 0.187. The molecule has 2 N–H and O–H groups in total. The van der Waals surface area contributed by atoms with E-state index in [9.17, 15) is 14.4 Å². The molecule has 0 radical (unpaired) electrons. The summed E-state index contributed by atoms with van der Waals surface area (Å²) in [5.41, 5.74) is 1.77. The lowest BCUT2D eigenvalue weighted by Crippen LogP contribution is -2.57. The third-order valence-corrected chi connectivity index (χ3v) is 3.88. The van der Waals surface area contributed by atoms with Crippen molar-refractivity contribution in [2.24, 2.45) is 0 Å². The lowest BCUT2D eigenvalue weighted by molar-refractivity contribution is -0.138. The molecule has 0 spiro atoms. The van der Waals surface area contributed by atoms with Gasteiger partial charge in [0, 0.05) is 32.6 Å². The molecule has 1 aliphatic rings. The number of nitrogens with zero attached hydrogens (tertiary/aromatic N) is 1. The van der Waals surface area contributed by atoms with E-state index in [2.05, 4.69) is 10.6 Å². The van der Waals surface area contributed by atoms with Gasteiger partial charge in [0.2, 0.25) is 18.7 Å². The van der Waals surface area contributed by atoms with Gasteiger partial charge in [-0.3, -0.25) is 14.4 Å². The first kappa shape index (κ1) is 14.0. The monoisotopic (exact) mass is 275 g/mol. The smallest absolute Gasteiger partial charge is 0.246 e. The van der Waals surface area contributed by atoms with Crippen LogP contribution in [0.5, 0.6) is 0 Å². The first-order valence-corrected chi connectivity index (χ1v) is 6.30. The van der Waals surface area contributed by atoms with Crippen LogP contribution in [0.4, 0.5) is 5.69 Å². The van der Waals surface area contributed by atoms with Gasteiger partial charge in [-0.25, -0.2) is 0 Å². The van der Waals surface area contributed by atoms with Crippen molar-refractivity contribution >= 4 is 24.4 Å². The van der Waals surface area contributed by atoms with Crippen LogP contribution >= 0.6 is 0 Å². The number of likely N-dealkylation sites (N-methyl/N-ethyl adjacent to an activating group) is 2. The normalized spacial score (nSPS) is 19.9. The van der Waals surface area contributed by atoms with Gasteiger partial charge >= 0.3 is 0 Å². The molecule has 0 aromatic heterocycles. The SMILES string of the molecule is CNC(=O)C1(N(C)C=O)Cc2ccc(NC=O)cc2C1. The van der Waals surface area contributed by atoms with Crippen molar-refractivity contribution in [3.63, 3.8) is 0 Å². The van der Waals surface area contributed by atoms with Crippen LogP contribution in [0.15, 0.2) is 18.2 Å². The van der Waals surface area contributed by atoms with Crippen molar-refractivity contribution in [1.82, 2.24) is 10.2 Å². The quantitative estimate of drug-likeness (QED) is 0.738. The molecule has 1 aliphatic carbocycles. The largest absolute Gasteiger partial charge is 0.357 e. The lowest BCUT2D eigenvalue weighted by atomic mass is 9.93. The van der Waals surface area contributed by atoms with Crippen LogP contribution in [0.1, 0.15) is 11.1 Å². The number of amides is 3. The zero-order chi connectivity index (χ0) is 14.8. The van der Waals surface area contributed by atoms with Gasteiger partial charge in [-0.2, -0.15) is 0 Å². The molecule has 0 heterocycles. The second-order valence-electron chi connectivity index (χ2n) is 4.93. The number of hydrogen-bond acceptors (Lipinski definition) is 3. The van der Waals surface area contributed by atoms with Crippen LogP contribution in [0.3, 0.4) is 0 Å². The van der Waals surface area contributed by atoms with E-state index >= 15 is 0 Å². The van der Waals surface area contributed by atoms with E-state index in [0.29, 0.717) is 31.3 Å². The zero-order valence-electron chi connectivity index (χ0n) is 11.5. The maximum Gasteiger partial charge on any atom is 0.246 e. The van der Waals surface area contributed by atoms with Crippen LogP contribution in [-0.2, 0) is 27.2 Å². The third kappa shape index (κ3) is 2.13. The van der Waals surface area contributed by atoms with Crippen LogP contribution in [0.25, 0.3) is 0 Å². The van der Waals surface area contributed by atoms with Crippen molar-refractivity contribution in [3.05, 3.63) is 29.3 Å². The first-order valence-electron chi connectivity index (χ1n) is 6.30. The van der Waals surface area contributed by atoms with E-state index in [1.54, 1.807) is 20.2 Å². The van der Waals surface area contributed by atoms with Crippen LogP contribution in [0.2, 0.25) is 0 Å². The molecule has 1 unspecified atom stereocenters. The van der Waals surface area contributed by atoms with E-state index in [4.69, 9.17) is 0 Å². The number of hydrogen-bond donors (Lipinski definition) is 2. The molecule has 6 nitrogen and oxygen atoms in total. The molecule has 0 aliphatic heterocycles. The Hall–Kier alpha value is -2.37. The summed E-state index contributed by atoms with van der Waals surface area (Å²) in [6, 6.07) is 5.51. The fourth-order valence-corrected chi connectivity index (χ4v) is 2.72. The van der Waals surface area contributed by atoms with E-state index in [0.717, 1.165) is 11.1 Å². The number of fused-ring (bicyclic) bond motifs is 1. The van der Waals surface area contributed by atoms with Crippen molar-refractivity contribution in [3.8, 4) is 0 Å². The highest BCUT2D eigenvalue weighted by atomic mass is 16.2. The van der Waals surface area contributed by atoms with E-state index in [1.165, 1.54) is 4.90 Å². The second-order valence-corrected chi connectivity index (χ2v) is 4.93. The first-order chi connectivity index (χ1) is 9.57. The van der Waals surface area contributed by atoms with Crippen molar-refractivity contribution in [1.29, 1.82) is 0 Å². The average Bonchev–Trinajstić information content (AvgIpc) is 2.85. The number of carbonyl (C=O) groups excluding carboxylic acids is 3. The molecule has 20 heavy (non-hydrogen) atoms. The Labute approximate surface area is 117 Å². The fraction of sp³-hybridized carbons (Fsp3) is 0.357. The highest BCUT2D eigenvalue weighted by Gasteiger charge is 2.46. The zero-order valence-corrected chi connectivity index (χ0v) is 11.5. The molecule has 106 valence electrons. The summed E-state index contributed by atoms with van der Waals surface area (Å²) in [6.45, 7) is 0. The van der Waals surface area contributed by atoms with Gasteiger partial charge in [0.05, 0.1) is 0 Å². The van der Waals surface area contributed by atoms with Crippen LogP contribution in [0, 0.1) is 0 Å². The molecule has 2 rings (SSSR count).